The molecular weight excluding hydrogens is 320 g/mol. The Bertz CT molecular complexity index is 927. The predicted octanol–water partition coefficient (Wildman–Crippen LogP) is 5.74. The second-order valence-electron chi connectivity index (χ2n) is 6.89. The molecule has 0 unspecified atom stereocenters. The van der Waals surface area contributed by atoms with E-state index < -0.39 is 0 Å². The van der Waals surface area contributed by atoms with Crippen LogP contribution >= 0.6 is 0 Å². The van der Waals surface area contributed by atoms with Crippen LogP contribution in [-0.4, -0.2) is 10.9 Å². The van der Waals surface area contributed by atoms with Gasteiger partial charge in [-0.3, -0.25) is 9.78 Å². The van der Waals surface area contributed by atoms with E-state index in [1.807, 2.05) is 49.4 Å². The zero-order valence-corrected chi connectivity index (χ0v) is 15.7. The van der Waals surface area contributed by atoms with Crippen molar-refractivity contribution in [3.05, 3.63) is 83.0 Å². The van der Waals surface area contributed by atoms with Gasteiger partial charge < -0.3 is 5.32 Å². The summed E-state index contributed by atoms with van der Waals surface area (Å²) >= 11 is 0. The fourth-order valence-electron chi connectivity index (χ4n) is 3.08. The van der Waals surface area contributed by atoms with Gasteiger partial charge in [0.25, 0.3) is 5.91 Å². The van der Waals surface area contributed by atoms with Crippen molar-refractivity contribution in [1.82, 2.24) is 4.98 Å². The molecule has 0 fully saturated rings. The molecule has 0 saturated heterocycles. The summed E-state index contributed by atoms with van der Waals surface area (Å²) in [5.74, 6) is 0.205. The zero-order valence-electron chi connectivity index (χ0n) is 15.7. The molecule has 2 aromatic carbocycles. The molecule has 0 aliphatic heterocycles. The number of benzene rings is 2. The Morgan fingerprint density at radius 1 is 0.923 bits per heavy atom. The maximum absolute atomic E-state index is 12.7. The minimum absolute atomic E-state index is 0.134. The Kier molecular flexibility index (Phi) is 5.17. The molecule has 1 aromatic heterocycles. The van der Waals surface area contributed by atoms with E-state index in [4.69, 9.17) is 0 Å². The van der Waals surface area contributed by atoms with Crippen LogP contribution in [0.4, 0.5) is 5.69 Å². The van der Waals surface area contributed by atoms with Crippen LogP contribution in [0.15, 0.2) is 60.8 Å². The lowest BCUT2D eigenvalue weighted by molar-refractivity contribution is 0.102. The molecule has 0 bridgehead atoms. The van der Waals surface area contributed by atoms with E-state index in [9.17, 15) is 4.79 Å². The number of carbonyl (C=O) groups is 1. The smallest absolute Gasteiger partial charge is 0.257 e. The van der Waals surface area contributed by atoms with Crippen LogP contribution in [0.3, 0.4) is 0 Å². The van der Waals surface area contributed by atoms with Crippen molar-refractivity contribution >= 4 is 11.6 Å². The molecular formula is C23H24N2O. The average Bonchev–Trinajstić information content (AvgIpc) is 2.63. The lowest BCUT2D eigenvalue weighted by Gasteiger charge is -2.16. The van der Waals surface area contributed by atoms with E-state index in [-0.39, 0.29) is 5.91 Å². The first kappa shape index (κ1) is 17.9. The number of aryl methyl sites for hydroxylation is 2. The number of rotatable bonds is 4. The minimum atomic E-state index is -0.134. The quantitative estimate of drug-likeness (QED) is 0.655. The summed E-state index contributed by atoms with van der Waals surface area (Å²) in [4.78, 5) is 17.2. The Morgan fingerprint density at radius 2 is 1.65 bits per heavy atom. The Labute approximate surface area is 155 Å². The van der Waals surface area contributed by atoms with Gasteiger partial charge in [0.15, 0.2) is 0 Å². The topological polar surface area (TPSA) is 42.0 Å². The molecule has 132 valence electrons. The van der Waals surface area contributed by atoms with Gasteiger partial charge >= 0.3 is 0 Å². The number of nitrogens with zero attached hydrogens (tertiary/aromatic N) is 1. The van der Waals surface area contributed by atoms with Gasteiger partial charge in [-0.1, -0.05) is 56.3 Å². The normalized spacial score (nSPS) is 10.8. The van der Waals surface area contributed by atoms with Gasteiger partial charge in [-0.05, 0) is 48.6 Å². The molecule has 0 radical (unpaired) electrons. The molecule has 3 nitrogen and oxygen atoms in total. The van der Waals surface area contributed by atoms with Gasteiger partial charge in [-0.25, -0.2) is 0 Å². The highest BCUT2D eigenvalue weighted by molar-refractivity contribution is 6.05. The summed E-state index contributed by atoms with van der Waals surface area (Å²) in [6.07, 6.45) is 1.64. The van der Waals surface area contributed by atoms with Crippen LogP contribution in [0, 0.1) is 13.8 Å². The Hall–Kier alpha value is -2.94. The van der Waals surface area contributed by atoms with E-state index >= 15 is 0 Å². The highest BCUT2D eigenvalue weighted by Gasteiger charge is 2.14. The summed E-state index contributed by atoms with van der Waals surface area (Å²) in [5.41, 5.74) is 6.78. The summed E-state index contributed by atoms with van der Waals surface area (Å²) in [6, 6.07) is 17.9. The summed E-state index contributed by atoms with van der Waals surface area (Å²) < 4.78 is 0. The number of hydrogen-bond acceptors (Lipinski definition) is 2. The van der Waals surface area contributed by atoms with Crippen LogP contribution in [0.5, 0.6) is 0 Å². The molecule has 0 aliphatic carbocycles. The maximum atomic E-state index is 12.7. The van der Waals surface area contributed by atoms with Crippen molar-refractivity contribution < 1.29 is 4.79 Å². The van der Waals surface area contributed by atoms with Crippen LogP contribution in [-0.2, 0) is 0 Å². The highest BCUT2D eigenvalue weighted by atomic mass is 16.1. The van der Waals surface area contributed by atoms with Crippen LogP contribution < -0.4 is 5.32 Å². The number of pyridine rings is 1. The Morgan fingerprint density at radius 3 is 2.31 bits per heavy atom. The van der Waals surface area contributed by atoms with Crippen molar-refractivity contribution in [2.75, 3.05) is 5.32 Å². The second kappa shape index (κ2) is 7.52. The number of anilines is 1. The monoisotopic (exact) mass is 344 g/mol. The molecule has 0 atom stereocenters. The van der Waals surface area contributed by atoms with Gasteiger partial charge in [-0.15, -0.1) is 0 Å². The molecule has 3 aromatic rings. The largest absolute Gasteiger partial charge is 0.321 e. The van der Waals surface area contributed by atoms with Crippen molar-refractivity contribution in [3.8, 4) is 11.3 Å². The first-order valence-corrected chi connectivity index (χ1v) is 8.90. The standard InChI is InChI=1S/C23H24N2O/c1-15(2)19-11-7-9-17(4)22(19)25-23(26)18-12-13-21(24-14-18)20-10-6-5-8-16(20)3/h5-15H,1-4H3,(H,25,26). The molecule has 0 spiro atoms. The third-order valence-corrected chi connectivity index (χ3v) is 4.61. The third-order valence-electron chi connectivity index (χ3n) is 4.61. The first-order chi connectivity index (χ1) is 12.5. The SMILES string of the molecule is Cc1ccccc1-c1ccc(C(=O)Nc2c(C)cccc2C(C)C)cn1. The number of carbonyl (C=O) groups excluding carboxylic acids is 1. The van der Waals surface area contributed by atoms with E-state index in [1.165, 1.54) is 5.56 Å². The van der Waals surface area contributed by atoms with Gasteiger partial charge in [0.2, 0.25) is 0 Å². The minimum Gasteiger partial charge on any atom is -0.321 e. The summed E-state index contributed by atoms with van der Waals surface area (Å²) in [5, 5.41) is 3.07. The fraction of sp³-hybridized carbons (Fsp3) is 0.217. The zero-order chi connectivity index (χ0) is 18.7. The fourth-order valence-corrected chi connectivity index (χ4v) is 3.08. The average molecular weight is 344 g/mol. The van der Waals surface area contributed by atoms with Crippen LogP contribution in [0.1, 0.15) is 46.8 Å². The van der Waals surface area contributed by atoms with Crippen LogP contribution in [0.25, 0.3) is 11.3 Å². The summed E-state index contributed by atoms with van der Waals surface area (Å²) in [7, 11) is 0. The van der Waals surface area contributed by atoms with Gasteiger partial charge in [0, 0.05) is 17.4 Å². The first-order valence-electron chi connectivity index (χ1n) is 8.90. The lowest BCUT2D eigenvalue weighted by Crippen LogP contribution is -2.15. The molecule has 3 heteroatoms. The molecule has 0 aliphatic rings. The predicted molar refractivity (Wildman–Crippen MR) is 108 cm³/mol. The lowest BCUT2D eigenvalue weighted by atomic mass is 9.98. The summed E-state index contributed by atoms with van der Waals surface area (Å²) in [6.45, 7) is 8.33. The maximum Gasteiger partial charge on any atom is 0.257 e. The molecule has 0 saturated carbocycles. The number of para-hydroxylation sites is 1. The highest BCUT2D eigenvalue weighted by Crippen LogP contribution is 2.28. The third kappa shape index (κ3) is 3.67. The van der Waals surface area contributed by atoms with E-state index in [1.54, 1.807) is 6.20 Å². The van der Waals surface area contributed by atoms with E-state index in [0.29, 0.717) is 11.5 Å². The van der Waals surface area contributed by atoms with Gasteiger partial charge in [-0.2, -0.15) is 0 Å². The molecule has 26 heavy (non-hydrogen) atoms. The Balaban J connectivity index is 1.85. The molecule has 3 rings (SSSR count). The van der Waals surface area contributed by atoms with Gasteiger partial charge in [0.05, 0.1) is 11.3 Å². The number of hydrogen-bond donors (Lipinski definition) is 1. The van der Waals surface area contributed by atoms with Crippen molar-refractivity contribution in [2.24, 2.45) is 0 Å². The van der Waals surface area contributed by atoms with Crippen molar-refractivity contribution in [3.63, 3.8) is 0 Å². The second-order valence-corrected chi connectivity index (χ2v) is 6.89. The molecule has 1 heterocycles. The van der Waals surface area contributed by atoms with Crippen molar-refractivity contribution in [1.29, 1.82) is 0 Å². The molecule has 1 amide bonds. The number of amides is 1. The number of nitrogens with one attached hydrogen (secondary N) is 1. The van der Waals surface area contributed by atoms with Gasteiger partial charge in [0.1, 0.15) is 0 Å². The molecule has 1 N–H and O–H groups in total. The van der Waals surface area contributed by atoms with E-state index in [0.717, 1.165) is 28.1 Å². The van der Waals surface area contributed by atoms with E-state index in [2.05, 4.69) is 43.2 Å². The number of aromatic nitrogens is 1. The van der Waals surface area contributed by atoms with Crippen LogP contribution in [0.2, 0.25) is 0 Å². The van der Waals surface area contributed by atoms with Crippen molar-refractivity contribution in [2.45, 2.75) is 33.6 Å².